The minimum absolute atomic E-state index is 0.178. The summed E-state index contributed by atoms with van der Waals surface area (Å²) >= 11 is 4.77. The molecule has 0 aliphatic heterocycles. The predicted molar refractivity (Wildman–Crippen MR) is 69.8 cm³/mol. The van der Waals surface area contributed by atoms with E-state index in [-0.39, 0.29) is 11.3 Å². The SMILES string of the molecule is CC(C)CCCCC(OC(N)=S)C(C)C. The van der Waals surface area contributed by atoms with Crippen molar-refractivity contribution in [3.63, 3.8) is 0 Å². The van der Waals surface area contributed by atoms with Gasteiger partial charge in [0.05, 0.1) is 0 Å². The summed E-state index contributed by atoms with van der Waals surface area (Å²) in [5.74, 6) is 1.27. The van der Waals surface area contributed by atoms with Crippen LogP contribution in [0.2, 0.25) is 0 Å². The average molecular weight is 231 g/mol. The number of hydrogen-bond acceptors (Lipinski definition) is 2. The van der Waals surface area contributed by atoms with Crippen LogP contribution in [0, 0.1) is 11.8 Å². The molecule has 0 aliphatic carbocycles. The van der Waals surface area contributed by atoms with Gasteiger partial charge in [-0.3, -0.25) is 0 Å². The number of unbranched alkanes of at least 4 members (excludes halogenated alkanes) is 1. The van der Waals surface area contributed by atoms with Crippen LogP contribution in [0.5, 0.6) is 0 Å². The van der Waals surface area contributed by atoms with E-state index < -0.39 is 0 Å². The highest BCUT2D eigenvalue weighted by Crippen LogP contribution is 2.16. The van der Waals surface area contributed by atoms with E-state index in [1.807, 2.05) is 0 Å². The van der Waals surface area contributed by atoms with Crippen LogP contribution in [0.3, 0.4) is 0 Å². The maximum atomic E-state index is 5.43. The Bertz CT molecular complexity index is 180. The molecular formula is C12H25NOS. The van der Waals surface area contributed by atoms with E-state index in [1.165, 1.54) is 19.3 Å². The Labute approximate surface area is 99.6 Å². The van der Waals surface area contributed by atoms with Gasteiger partial charge in [-0.2, -0.15) is 0 Å². The molecule has 90 valence electrons. The topological polar surface area (TPSA) is 35.2 Å². The van der Waals surface area contributed by atoms with Gasteiger partial charge in [0.25, 0.3) is 5.17 Å². The molecule has 0 aromatic carbocycles. The standard InChI is InChI=1S/C12H25NOS/c1-9(2)7-5-6-8-11(10(3)4)14-12(13)15/h9-11H,5-8H2,1-4H3,(H2,13,15). The van der Waals surface area contributed by atoms with Crippen LogP contribution < -0.4 is 5.73 Å². The van der Waals surface area contributed by atoms with E-state index in [2.05, 4.69) is 27.7 Å². The van der Waals surface area contributed by atoms with Crippen LogP contribution in [0.1, 0.15) is 53.4 Å². The van der Waals surface area contributed by atoms with Gasteiger partial charge < -0.3 is 10.5 Å². The highest BCUT2D eigenvalue weighted by Gasteiger charge is 2.14. The van der Waals surface area contributed by atoms with Crippen LogP contribution in [-0.4, -0.2) is 11.3 Å². The maximum Gasteiger partial charge on any atom is 0.254 e. The minimum Gasteiger partial charge on any atom is -0.468 e. The quantitative estimate of drug-likeness (QED) is 0.538. The van der Waals surface area contributed by atoms with Crippen molar-refractivity contribution in [2.24, 2.45) is 17.6 Å². The lowest BCUT2D eigenvalue weighted by molar-refractivity contribution is 0.128. The minimum atomic E-state index is 0.178. The van der Waals surface area contributed by atoms with Crippen LogP contribution in [-0.2, 0) is 4.74 Å². The summed E-state index contributed by atoms with van der Waals surface area (Å²) < 4.78 is 5.43. The van der Waals surface area contributed by atoms with E-state index in [9.17, 15) is 0 Å². The summed E-state index contributed by atoms with van der Waals surface area (Å²) in [5, 5.41) is 0.178. The number of rotatable bonds is 7. The van der Waals surface area contributed by atoms with Gasteiger partial charge in [0, 0.05) is 0 Å². The van der Waals surface area contributed by atoms with Crippen LogP contribution in [0.15, 0.2) is 0 Å². The van der Waals surface area contributed by atoms with Gasteiger partial charge in [-0.25, -0.2) is 0 Å². The monoisotopic (exact) mass is 231 g/mol. The van der Waals surface area contributed by atoms with E-state index in [0.717, 1.165) is 12.3 Å². The number of thiocarbonyl (C=S) groups is 1. The zero-order chi connectivity index (χ0) is 11.8. The summed E-state index contributed by atoms with van der Waals surface area (Å²) in [7, 11) is 0. The van der Waals surface area contributed by atoms with Crippen molar-refractivity contribution in [3.8, 4) is 0 Å². The zero-order valence-corrected chi connectivity index (χ0v) is 11.3. The van der Waals surface area contributed by atoms with E-state index in [0.29, 0.717) is 5.92 Å². The molecule has 0 saturated heterocycles. The molecule has 0 rings (SSSR count). The third-order valence-electron chi connectivity index (χ3n) is 2.53. The Kier molecular flexibility index (Phi) is 7.75. The molecule has 0 aromatic rings. The first-order valence-electron chi connectivity index (χ1n) is 5.89. The lowest BCUT2D eigenvalue weighted by Crippen LogP contribution is -2.26. The van der Waals surface area contributed by atoms with Gasteiger partial charge in [0.2, 0.25) is 0 Å². The van der Waals surface area contributed by atoms with Crippen molar-refractivity contribution in [2.75, 3.05) is 0 Å². The first-order valence-corrected chi connectivity index (χ1v) is 6.30. The van der Waals surface area contributed by atoms with Gasteiger partial charge in [0.15, 0.2) is 0 Å². The lowest BCUT2D eigenvalue weighted by Gasteiger charge is -2.21. The van der Waals surface area contributed by atoms with Crippen LogP contribution in [0.4, 0.5) is 0 Å². The number of nitrogens with two attached hydrogens (primary N) is 1. The first-order chi connectivity index (χ1) is 6.93. The molecule has 3 heteroatoms. The molecule has 1 atom stereocenters. The van der Waals surface area contributed by atoms with Crippen LogP contribution in [0.25, 0.3) is 0 Å². The molecule has 0 amide bonds. The molecule has 0 aliphatic rings. The van der Waals surface area contributed by atoms with Crippen molar-refractivity contribution in [1.82, 2.24) is 0 Å². The highest BCUT2D eigenvalue weighted by molar-refractivity contribution is 7.80. The molecule has 0 radical (unpaired) electrons. The Hall–Kier alpha value is -0.310. The largest absolute Gasteiger partial charge is 0.468 e. The molecule has 1 unspecified atom stereocenters. The molecular weight excluding hydrogens is 206 g/mol. The molecule has 0 bridgehead atoms. The maximum absolute atomic E-state index is 5.43. The molecule has 0 spiro atoms. The molecule has 15 heavy (non-hydrogen) atoms. The predicted octanol–water partition coefficient (Wildman–Crippen LogP) is 3.49. The van der Waals surface area contributed by atoms with Crippen molar-refractivity contribution in [2.45, 2.75) is 59.5 Å². The van der Waals surface area contributed by atoms with Crippen molar-refractivity contribution < 1.29 is 4.74 Å². The molecule has 0 aromatic heterocycles. The van der Waals surface area contributed by atoms with Gasteiger partial charge >= 0.3 is 0 Å². The van der Waals surface area contributed by atoms with Crippen molar-refractivity contribution in [3.05, 3.63) is 0 Å². The molecule has 0 heterocycles. The highest BCUT2D eigenvalue weighted by atomic mass is 32.1. The normalized spacial score (nSPS) is 13.2. The van der Waals surface area contributed by atoms with Gasteiger partial charge in [-0.05, 0) is 36.9 Å². The summed E-state index contributed by atoms with van der Waals surface area (Å²) in [4.78, 5) is 0. The van der Waals surface area contributed by atoms with Gasteiger partial charge in [-0.15, -0.1) is 0 Å². The second kappa shape index (κ2) is 7.91. The molecule has 2 N–H and O–H groups in total. The molecule has 0 saturated carbocycles. The van der Waals surface area contributed by atoms with Gasteiger partial charge in [0.1, 0.15) is 6.10 Å². The summed E-state index contributed by atoms with van der Waals surface area (Å²) in [6, 6.07) is 0. The smallest absolute Gasteiger partial charge is 0.254 e. The van der Waals surface area contributed by atoms with Crippen LogP contribution >= 0.6 is 12.2 Å². The van der Waals surface area contributed by atoms with E-state index in [1.54, 1.807) is 0 Å². The third kappa shape index (κ3) is 8.67. The second-order valence-corrected chi connectivity index (χ2v) is 5.30. The Morgan fingerprint density at radius 2 is 1.67 bits per heavy atom. The zero-order valence-electron chi connectivity index (χ0n) is 10.5. The molecule has 2 nitrogen and oxygen atoms in total. The Balaban J connectivity index is 3.71. The third-order valence-corrected chi connectivity index (χ3v) is 2.63. The Morgan fingerprint density at radius 3 is 2.07 bits per heavy atom. The van der Waals surface area contributed by atoms with Crippen molar-refractivity contribution in [1.29, 1.82) is 0 Å². The average Bonchev–Trinajstić information content (AvgIpc) is 2.08. The van der Waals surface area contributed by atoms with Crippen molar-refractivity contribution >= 4 is 17.4 Å². The Morgan fingerprint density at radius 1 is 1.13 bits per heavy atom. The lowest BCUT2D eigenvalue weighted by atomic mass is 9.98. The van der Waals surface area contributed by atoms with E-state index in [4.69, 9.17) is 22.7 Å². The fourth-order valence-electron chi connectivity index (χ4n) is 1.58. The van der Waals surface area contributed by atoms with Gasteiger partial charge in [-0.1, -0.05) is 40.5 Å². The fourth-order valence-corrected chi connectivity index (χ4v) is 1.70. The van der Waals surface area contributed by atoms with E-state index >= 15 is 0 Å². The summed E-state index contributed by atoms with van der Waals surface area (Å²) in [5.41, 5.74) is 5.39. The fraction of sp³-hybridized carbons (Fsp3) is 0.917. The molecule has 0 fully saturated rings. The number of ether oxygens (including phenoxy) is 1. The first kappa shape index (κ1) is 14.7. The summed E-state index contributed by atoms with van der Waals surface area (Å²) in [6.45, 7) is 8.80. The second-order valence-electron chi connectivity index (χ2n) is 4.90. The summed E-state index contributed by atoms with van der Waals surface area (Å²) in [6.07, 6.45) is 5.00. The number of hydrogen-bond donors (Lipinski definition) is 1.